The zero-order valence-corrected chi connectivity index (χ0v) is 18.3. The van der Waals surface area contributed by atoms with Crippen LogP contribution in [0, 0.1) is 6.92 Å². The molecule has 0 atom stereocenters. The molecular weight excluding hydrogens is 396 g/mol. The maximum Gasteiger partial charge on any atom is 0.253 e. The Hall–Kier alpha value is -3.12. The van der Waals surface area contributed by atoms with E-state index in [4.69, 9.17) is 0 Å². The molecule has 156 valence electrons. The van der Waals surface area contributed by atoms with Crippen molar-refractivity contribution in [3.8, 4) is 0 Å². The van der Waals surface area contributed by atoms with Crippen molar-refractivity contribution >= 4 is 21.6 Å². The van der Waals surface area contributed by atoms with Crippen LogP contribution in [0.4, 0.5) is 5.69 Å². The van der Waals surface area contributed by atoms with Gasteiger partial charge in [0.15, 0.2) is 0 Å². The van der Waals surface area contributed by atoms with Gasteiger partial charge in [-0.15, -0.1) is 0 Å². The van der Waals surface area contributed by atoms with E-state index in [9.17, 15) is 13.2 Å². The first-order chi connectivity index (χ1) is 14.2. The Balaban J connectivity index is 1.76. The van der Waals surface area contributed by atoms with Gasteiger partial charge in [-0.1, -0.05) is 60.2 Å². The lowest BCUT2D eigenvalue weighted by Crippen LogP contribution is -2.29. The summed E-state index contributed by atoms with van der Waals surface area (Å²) in [5.74, 6) is -0.115. The van der Waals surface area contributed by atoms with Crippen molar-refractivity contribution < 1.29 is 13.2 Å². The van der Waals surface area contributed by atoms with Gasteiger partial charge < -0.3 is 4.90 Å². The minimum absolute atomic E-state index is 0.115. The third kappa shape index (κ3) is 5.48. The molecule has 30 heavy (non-hydrogen) atoms. The highest BCUT2D eigenvalue weighted by Gasteiger charge is 2.19. The first-order valence-electron chi connectivity index (χ1n) is 9.67. The van der Waals surface area contributed by atoms with Crippen molar-refractivity contribution in [2.75, 3.05) is 17.6 Å². The van der Waals surface area contributed by atoms with Crippen LogP contribution in [0.25, 0.3) is 0 Å². The molecule has 3 aromatic carbocycles. The summed E-state index contributed by atoms with van der Waals surface area (Å²) in [4.78, 5) is 14.4. The number of benzene rings is 3. The molecule has 0 fully saturated rings. The summed E-state index contributed by atoms with van der Waals surface area (Å²) < 4.78 is 26.0. The second-order valence-electron chi connectivity index (χ2n) is 7.45. The maximum absolute atomic E-state index is 12.8. The van der Waals surface area contributed by atoms with Gasteiger partial charge in [-0.3, -0.25) is 9.10 Å². The number of carbonyl (C=O) groups excluding carboxylic acids is 1. The lowest BCUT2D eigenvalue weighted by molar-refractivity contribution is 0.0785. The van der Waals surface area contributed by atoms with E-state index in [1.807, 2.05) is 61.5 Å². The lowest BCUT2D eigenvalue weighted by Gasteiger charge is -2.23. The summed E-state index contributed by atoms with van der Waals surface area (Å²) in [5.41, 5.74) is 4.16. The summed E-state index contributed by atoms with van der Waals surface area (Å²) in [6, 6.07) is 24.2. The monoisotopic (exact) mass is 422 g/mol. The first-order valence-corrected chi connectivity index (χ1v) is 11.5. The molecule has 0 saturated carbocycles. The molecule has 0 aromatic heterocycles. The minimum atomic E-state index is -3.47. The fourth-order valence-corrected chi connectivity index (χ4v) is 4.07. The third-order valence-corrected chi connectivity index (χ3v) is 6.00. The Morgan fingerprint density at radius 2 is 1.37 bits per heavy atom. The fraction of sp³-hybridized carbons (Fsp3) is 0.208. The lowest BCUT2D eigenvalue weighted by atomic mass is 10.1. The van der Waals surface area contributed by atoms with Crippen LogP contribution in [0.5, 0.6) is 0 Å². The minimum Gasteiger partial charge on any atom is -0.337 e. The molecule has 0 N–H and O–H groups in total. The number of hydrogen-bond donors (Lipinski definition) is 0. The van der Waals surface area contributed by atoms with Gasteiger partial charge in [-0.25, -0.2) is 8.42 Å². The van der Waals surface area contributed by atoms with Crippen LogP contribution in [-0.2, 0) is 23.1 Å². The van der Waals surface area contributed by atoms with E-state index < -0.39 is 10.0 Å². The van der Waals surface area contributed by atoms with Gasteiger partial charge in [0.05, 0.1) is 18.5 Å². The molecule has 0 aliphatic carbocycles. The maximum atomic E-state index is 12.8. The number of rotatable bonds is 7. The molecule has 0 unspecified atom stereocenters. The SMILES string of the molecule is Cc1ccc(CN(C)C(=O)c2ccc(N(Cc3ccccc3)S(C)(=O)=O)cc2)cc1. The van der Waals surface area contributed by atoms with E-state index in [0.29, 0.717) is 17.8 Å². The van der Waals surface area contributed by atoms with E-state index in [-0.39, 0.29) is 12.5 Å². The molecular formula is C24H26N2O3S. The summed E-state index contributed by atoms with van der Waals surface area (Å²) >= 11 is 0. The van der Waals surface area contributed by atoms with Crippen molar-refractivity contribution in [2.45, 2.75) is 20.0 Å². The second-order valence-corrected chi connectivity index (χ2v) is 9.36. The van der Waals surface area contributed by atoms with Crippen LogP contribution < -0.4 is 4.31 Å². The first kappa shape index (κ1) is 21.6. The number of hydrogen-bond acceptors (Lipinski definition) is 3. The molecule has 3 aromatic rings. The normalized spacial score (nSPS) is 11.2. The summed E-state index contributed by atoms with van der Waals surface area (Å²) in [6.07, 6.45) is 1.18. The van der Waals surface area contributed by atoms with Crippen molar-refractivity contribution in [1.29, 1.82) is 0 Å². The summed E-state index contributed by atoms with van der Waals surface area (Å²) in [7, 11) is -1.71. The number of aryl methyl sites for hydroxylation is 1. The number of nitrogens with zero attached hydrogens (tertiary/aromatic N) is 2. The molecule has 5 nitrogen and oxygen atoms in total. The largest absolute Gasteiger partial charge is 0.337 e. The van der Waals surface area contributed by atoms with Gasteiger partial charge in [0, 0.05) is 19.2 Å². The van der Waals surface area contributed by atoms with Crippen LogP contribution in [0.3, 0.4) is 0 Å². The average Bonchev–Trinajstić information content (AvgIpc) is 2.73. The average molecular weight is 423 g/mol. The Morgan fingerprint density at radius 3 is 1.93 bits per heavy atom. The number of anilines is 1. The van der Waals surface area contributed by atoms with Crippen molar-refractivity contribution in [2.24, 2.45) is 0 Å². The van der Waals surface area contributed by atoms with Crippen LogP contribution in [0.15, 0.2) is 78.9 Å². The Bertz CT molecular complexity index is 1090. The Labute approximate surface area is 178 Å². The zero-order chi connectivity index (χ0) is 21.7. The number of amides is 1. The molecule has 0 spiro atoms. The molecule has 1 amide bonds. The third-order valence-electron chi connectivity index (χ3n) is 4.86. The van der Waals surface area contributed by atoms with E-state index in [1.54, 1.807) is 36.2 Å². The topological polar surface area (TPSA) is 57.7 Å². The summed E-state index contributed by atoms with van der Waals surface area (Å²) in [6.45, 7) is 2.77. The molecule has 0 bridgehead atoms. The molecule has 0 aliphatic heterocycles. The van der Waals surface area contributed by atoms with E-state index >= 15 is 0 Å². The molecule has 0 aliphatic rings. The van der Waals surface area contributed by atoms with Gasteiger partial charge in [0.25, 0.3) is 5.91 Å². The fourth-order valence-electron chi connectivity index (χ4n) is 3.18. The molecule has 3 rings (SSSR count). The highest BCUT2D eigenvalue weighted by Crippen LogP contribution is 2.22. The summed E-state index contributed by atoms with van der Waals surface area (Å²) in [5, 5.41) is 0. The standard InChI is InChI=1S/C24H26N2O3S/c1-19-9-11-21(12-10-19)17-25(2)24(27)22-13-15-23(16-14-22)26(30(3,28)29)18-20-7-5-4-6-8-20/h4-16H,17-18H2,1-3H3. The smallest absolute Gasteiger partial charge is 0.253 e. The molecule has 6 heteroatoms. The Morgan fingerprint density at radius 1 is 0.800 bits per heavy atom. The predicted octanol–water partition coefficient (Wildman–Crippen LogP) is 4.23. The van der Waals surface area contributed by atoms with Gasteiger partial charge in [0.2, 0.25) is 10.0 Å². The van der Waals surface area contributed by atoms with E-state index in [0.717, 1.165) is 11.1 Å². The van der Waals surface area contributed by atoms with E-state index in [2.05, 4.69) is 0 Å². The van der Waals surface area contributed by atoms with Crippen LogP contribution >= 0.6 is 0 Å². The predicted molar refractivity (Wildman–Crippen MR) is 121 cm³/mol. The van der Waals surface area contributed by atoms with Crippen LogP contribution in [0.2, 0.25) is 0 Å². The highest BCUT2D eigenvalue weighted by molar-refractivity contribution is 7.92. The van der Waals surface area contributed by atoms with Gasteiger partial charge in [-0.2, -0.15) is 0 Å². The van der Waals surface area contributed by atoms with Gasteiger partial charge >= 0.3 is 0 Å². The Kier molecular flexibility index (Phi) is 6.57. The van der Waals surface area contributed by atoms with Gasteiger partial charge in [0.1, 0.15) is 0 Å². The van der Waals surface area contributed by atoms with Gasteiger partial charge in [-0.05, 0) is 42.3 Å². The number of sulfonamides is 1. The zero-order valence-electron chi connectivity index (χ0n) is 17.4. The van der Waals surface area contributed by atoms with Crippen molar-refractivity contribution in [3.05, 3.63) is 101 Å². The van der Waals surface area contributed by atoms with Crippen LogP contribution in [-0.4, -0.2) is 32.5 Å². The van der Waals surface area contributed by atoms with E-state index in [1.165, 1.54) is 16.1 Å². The van der Waals surface area contributed by atoms with Crippen molar-refractivity contribution in [1.82, 2.24) is 4.90 Å². The highest BCUT2D eigenvalue weighted by atomic mass is 32.2. The quantitative estimate of drug-likeness (QED) is 0.572. The molecule has 0 saturated heterocycles. The second kappa shape index (κ2) is 9.13. The van der Waals surface area contributed by atoms with Crippen LogP contribution in [0.1, 0.15) is 27.0 Å². The molecule has 0 radical (unpaired) electrons. The molecule has 0 heterocycles. The van der Waals surface area contributed by atoms with Crippen molar-refractivity contribution in [3.63, 3.8) is 0 Å². The number of carbonyl (C=O) groups is 1.